The van der Waals surface area contributed by atoms with Crippen molar-refractivity contribution in [1.29, 1.82) is 0 Å². The molecule has 1 aliphatic rings. The molecule has 3 heteroatoms. The zero-order valence-electron chi connectivity index (χ0n) is 6.97. The van der Waals surface area contributed by atoms with E-state index < -0.39 is 0 Å². The van der Waals surface area contributed by atoms with Crippen molar-refractivity contribution in [3.05, 3.63) is 0 Å². The van der Waals surface area contributed by atoms with Crippen LogP contribution in [0.25, 0.3) is 0 Å². The van der Waals surface area contributed by atoms with Crippen LogP contribution in [0.4, 0.5) is 0 Å². The molecule has 1 aliphatic heterocycles. The third-order valence-electron chi connectivity index (χ3n) is 2.03. The van der Waals surface area contributed by atoms with Crippen molar-refractivity contribution in [2.75, 3.05) is 6.54 Å². The summed E-state index contributed by atoms with van der Waals surface area (Å²) in [5, 5.41) is 3.03. The Bertz CT molecular complexity index is 151. The van der Waals surface area contributed by atoms with Gasteiger partial charge in [0.15, 0.2) is 0 Å². The van der Waals surface area contributed by atoms with Gasteiger partial charge in [-0.25, -0.2) is 0 Å². The van der Waals surface area contributed by atoms with Crippen molar-refractivity contribution < 1.29 is 6.17 Å². The Balaban J connectivity index is 2.44. The lowest BCUT2D eigenvalue weighted by Gasteiger charge is -2.12. The smallest absolute Gasteiger partial charge is 0.234 e. The molecule has 0 aromatic heterocycles. The second-order valence-corrected chi connectivity index (χ2v) is 2.67. The second kappa shape index (κ2) is 3.01. The van der Waals surface area contributed by atoms with E-state index >= 15 is 0 Å². The molecule has 1 amide bonds. The first-order valence-electron chi connectivity index (χ1n) is 4.28. The Labute approximate surface area is 62.4 Å². The Hall–Kier alpha value is -0.570. The van der Waals surface area contributed by atoms with Crippen LogP contribution in [0.3, 0.4) is 0 Å². The summed E-state index contributed by atoms with van der Waals surface area (Å²) in [5.74, 6) is 0.0194. The Morgan fingerprint density at radius 1 is 2.00 bits per heavy atom. The first kappa shape index (κ1) is 6.16. The van der Waals surface area contributed by atoms with Gasteiger partial charge in [-0.15, -0.1) is 0 Å². The summed E-state index contributed by atoms with van der Waals surface area (Å²) < 4.78 is 7.02. The molecule has 0 bridgehead atoms. The van der Waals surface area contributed by atoms with Crippen LogP contribution in [0.1, 0.15) is 21.1 Å². The molecule has 0 aromatic carbocycles. The van der Waals surface area contributed by atoms with Crippen LogP contribution in [-0.2, 0) is 4.79 Å². The maximum absolute atomic E-state index is 10.8. The molecule has 1 saturated heterocycles. The van der Waals surface area contributed by atoms with Crippen LogP contribution >= 0.6 is 0 Å². The minimum atomic E-state index is -0.277. The summed E-state index contributed by atoms with van der Waals surface area (Å²) in [6, 6.07) is -0.180. The van der Waals surface area contributed by atoms with Gasteiger partial charge in [-0.1, -0.05) is 13.3 Å². The topological polar surface area (TPSA) is 55.1 Å². The third-order valence-corrected chi connectivity index (χ3v) is 2.03. The van der Waals surface area contributed by atoms with Crippen molar-refractivity contribution >= 4 is 5.91 Å². The van der Waals surface area contributed by atoms with E-state index in [9.17, 15) is 4.79 Å². The highest BCUT2D eigenvalue weighted by Crippen LogP contribution is 2.17. The van der Waals surface area contributed by atoms with Gasteiger partial charge in [0.2, 0.25) is 5.91 Å². The lowest BCUT2D eigenvalue weighted by Crippen LogP contribution is -2.40. The molecule has 0 radical (unpaired) electrons. The maximum atomic E-state index is 10.8. The van der Waals surface area contributed by atoms with Crippen LogP contribution in [0, 0.1) is 5.92 Å². The molecule has 1 heterocycles. The minimum Gasteiger partial charge on any atom is -0.368 e. The van der Waals surface area contributed by atoms with Crippen molar-refractivity contribution in [2.45, 2.75) is 25.8 Å². The van der Waals surface area contributed by atoms with Crippen molar-refractivity contribution in [3.63, 3.8) is 0 Å². The van der Waals surface area contributed by atoms with Crippen LogP contribution in [0.5, 0.6) is 0 Å². The van der Waals surface area contributed by atoms with Crippen LogP contribution in [0.2, 0.25) is 0 Å². The number of hydrogen-bond acceptors (Lipinski definition) is 2. The number of hydrogen-bond donors (Lipinski definition) is 2. The molecular formula is C7H14N2O. The molecule has 1 fully saturated rings. The fraction of sp³-hybridized carbons (Fsp3) is 0.857. The van der Waals surface area contributed by atoms with Crippen LogP contribution in [0.15, 0.2) is 0 Å². The normalized spacial score (nSPS) is 33.8. The number of carbonyl (C=O) groups excluding carboxylic acids is 1. The fourth-order valence-corrected chi connectivity index (χ4v) is 1.40. The lowest BCUT2D eigenvalue weighted by atomic mass is 9.98. The molecule has 1 rings (SSSR count). The molecule has 3 nitrogen and oxygen atoms in total. The average Bonchev–Trinajstić information content (AvgIpc) is 2.36. The highest BCUT2D eigenvalue weighted by atomic mass is 16.1. The standard InChI is InChI=1S/C7H14N2O/c1-2-5-3-4-9-6(5)7(8)10/h5-6,9H,2-4H2,1H3,(H2,8,10)/t5-,6-/m0/s1/i1D. The van der Waals surface area contributed by atoms with Crippen LogP contribution < -0.4 is 11.1 Å². The predicted octanol–water partition coefficient (Wildman–Crippen LogP) is -0.140. The van der Waals surface area contributed by atoms with Gasteiger partial charge in [-0.05, 0) is 18.9 Å². The van der Waals surface area contributed by atoms with Gasteiger partial charge < -0.3 is 11.1 Å². The number of primary amides is 1. The van der Waals surface area contributed by atoms with Gasteiger partial charge in [0.25, 0.3) is 0 Å². The molecular weight excluding hydrogens is 128 g/mol. The summed E-state index contributed by atoms with van der Waals surface area (Å²) in [6.07, 6.45) is 1.76. The fourth-order valence-electron chi connectivity index (χ4n) is 1.40. The molecule has 2 atom stereocenters. The molecule has 0 saturated carbocycles. The van der Waals surface area contributed by atoms with Gasteiger partial charge in [-0.3, -0.25) is 4.79 Å². The minimum absolute atomic E-state index is 0.180. The number of nitrogens with one attached hydrogen (secondary N) is 1. The first-order chi connectivity index (χ1) is 5.25. The lowest BCUT2D eigenvalue weighted by molar-refractivity contribution is -0.120. The molecule has 0 unspecified atom stereocenters. The number of nitrogens with two attached hydrogens (primary N) is 1. The van der Waals surface area contributed by atoms with E-state index in [4.69, 9.17) is 7.10 Å². The number of rotatable bonds is 2. The van der Waals surface area contributed by atoms with Gasteiger partial charge >= 0.3 is 0 Å². The van der Waals surface area contributed by atoms with E-state index in [1.165, 1.54) is 0 Å². The summed E-state index contributed by atoms with van der Waals surface area (Å²) in [5.41, 5.74) is 5.16. The molecule has 58 valence electrons. The zero-order chi connectivity index (χ0) is 8.27. The van der Waals surface area contributed by atoms with E-state index in [0.717, 1.165) is 19.4 Å². The number of carbonyl (C=O) groups is 1. The summed E-state index contributed by atoms with van der Waals surface area (Å²) in [4.78, 5) is 10.8. The quantitative estimate of drug-likeness (QED) is 0.565. The van der Waals surface area contributed by atoms with Gasteiger partial charge in [-0.2, -0.15) is 0 Å². The van der Waals surface area contributed by atoms with E-state index in [1.54, 1.807) is 0 Å². The predicted molar refractivity (Wildman–Crippen MR) is 39.4 cm³/mol. The molecule has 10 heavy (non-hydrogen) atoms. The largest absolute Gasteiger partial charge is 0.368 e. The molecule has 0 spiro atoms. The highest BCUT2D eigenvalue weighted by molar-refractivity contribution is 5.80. The molecule has 0 aromatic rings. The second-order valence-electron chi connectivity index (χ2n) is 2.67. The Morgan fingerprint density at radius 2 is 2.80 bits per heavy atom. The molecule has 0 aliphatic carbocycles. The highest BCUT2D eigenvalue weighted by Gasteiger charge is 2.29. The van der Waals surface area contributed by atoms with Crippen molar-refractivity contribution in [3.8, 4) is 0 Å². The third kappa shape index (κ3) is 1.29. The summed E-state index contributed by atoms with van der Waals surface area (Å²) in [7, 11) is 0. The van der Waals surface area contributed by atoms with Crippen molar-refractivity contribution in [2.24, 2.45) is 11.7 Å². The van der Waals surface area contributed by atoms with Gasteiger partial charge in [0.1, 0.15) is 0 Å². The number of amides is 1. The molecule has 3 N–H and O–H groups in total. The van der Waals surface area contributed by atoms with E-state index in [0.29, 0.717) is 12.8 Å². The van der Waals surface area contributed by atoms with E-state index in [1.807, 2.05) is 0 Å². The first-order valence-corrected chi connectivity index (χ1v) is 3.57. The Morgan fingerprint density at radius 3 is 3.40 bits per heavy atom. The maximum Gasteiger partial charge on any atom is 0.234 e. The van der Waals surface area contributed by atoms with Gasteiger partial charge in [0.05, 0.1) is 6.04 Å². The van der Waals surface area contributed by atoms with E-state index in [2.05, 4.69) is 5.32 Å². The van der Waals surface area contributed by atoms with Gasteiger partial charge in [0, 0.05) is 1.37 Å². The average molecular weight is 143 g/mol. The SMILES string of the molecule is [2H]CC[C@H]1CCN[C@@H]1C(N)=O. The summed E-state index contributed by atoms with van der Waals surface area (Å²) in [6.45, 7) is 1.24. The summed E-state index contributed by atoms with van der Waals surface area (Å²) >= 11 is 0. The monoisotopic (exact) mass is 143 g/mol. The van der Waals surface area contributed by atoms with Crippen molar-refractivity contribution in [1.82, 2.24) is 5.32 Å². The zero-order valence-corrected chi connectivity index (χ0v) is 5.97. The van der Waals surface area contributed by atoms with Crippen LogP contribution in [-0.4, -0.2) is 18.5 Å². The Kier molecular flexibility index (Phi) is 1.86. The van der Waals surface area contributed by atoms with E-state index in [-0.39, 0.29) is 11.9 Å².